The van der Waals surface area contributed by atoms with Crippen molar-refractivity contribution in [3.63, 3.8) is 0 Å². The summed E-state index contributed by atoms with van der Waals surface area (Å²) >= 11 is 0. The number of para-hydroxylation sites is 1. The van der Waals surface area contributed by atoms with E-state index in [1.807, 2.05) is 18.2 Å². The molecule has 2 heteroatoms. The van der Waals surface area contributed by atoms with Crippen molar-refractivity contribution >= 4 is 5.69 Å². The molecule has 0 aliphatic heterocycles. The smallest absolute Gasteiger partial charge is 0.151 e. The van der Waals surface area contributed by atoms with Gasteiger partial charge < -0.3 is 9.80 Å². The summed E-state index contributed by atoms with van der Waals surface area (Å²) in [6.07, 6.45) is 0. The van der Waals surface area contributed by atoms with E-state index < -0.39 is 0 Å². The van der Waals surface area contributed by atoms with Gasteiger partial charge in [0.25, 0.3) is 0 Å². The predicted octanol–water partition coefficient (Wildman–Crippen LogP) is 1.76. The van der Waals surface area contributed by atoms with Gasteiger partial charge >= 0.3 is 0 Å². The van der Waals surface area contributed by atoms with Crippen molar-refractivity contribution in [1.82, 2.24) is 0 Å². The highest BCUT2D eigenvalue weighted by molar-refractivity contribution is 5.41. The van der Waals surface area contributed by atoms with Gasteiger partial charge in [-0.25, -0.2) is 0 Å². The van der Waals surface area contributed by atoms with Crippen LogP contribution < -0.4 is 5.32 Å². The number of anilines is 1. The molecular weight excluding hydrogens is 148 g/mol. The number of nitrogens with one attached hydrogen (secondary N) is 1. The fraction of sp³-hybridized carbons (Fsp3) is 0.400. The molecule has 0 radical (unpaired) electrons. The Morgan fingerprint density at radius 1 is 1.08 bits per heavy atom. The van der Waals surface area contributed by atoms with Gasteiger partial charge in [0.2, 0.25) is 0 Å². The van der Waals surface area contributed by atoms with Crippen LogP contribution in [-0.4, -0.2) is 32.3 Å². The summed E-state index contributed by atoms with van der Waals surface area (Å²) in [7, 11) is 6.49. The minimum absolute atomic E-state index is 0.925. The minimum Gasteiger partial charge on any atom is -0.339 e. The van der Waals surface area contributed by atoms with Crippen molar-refractivity contribution in [2.24, 2.45) is 0 Å². The summed E-state index contributed by atoms with van der Waals surface area (Å²) in [6, 6.07) is 10.3. The Labute approximate surface area is 74.4 Å². The molecule has 0 unspecified atom stereocenters. The topological polar surface area (TPSA) is 12.0 Å². The maximum atomic E-state index is 3.36. The molecule has 0 aliphatic rings. The van der Waals surface area contributed by atoms with E-state index in [1.165, 1.54) is 5.69 Å². The highest BCUT2D eigenvalue weighted by Gasteiger charge is 2.04. The largest absolute Gasteiger partial charge is 0.339 e. The first-order valence-electron chi connectivity index (χ1n) is 4.17. The molecule has 0 bridgehead atoms. The average molecular weight is 165 g/mol. The number of nitrogens with zero attached hydrogens (tertiary/aromatic N) is 1. The molecule has 66 valence electrons. The standard InChI is InChI=1S/C10H17N2/c1-12(2,3)9-11-10-7-5-4-6-8-10/h4-8,11H,9H2,1-3H3/q+1. The number of hydrogen-bond acceptors (Lipinski definition) is 1. The van der Waals surface area contributed by atoms with E-state index in [4.69, 9.17) is 0 Å². The number of benzene rings is 1. The van der Waals surface area contributed by atoms with Gasteiger partial charge in [0.05, 0.1) is 21.1 Å². The zero-order valence-corrected chi connectivity index (χ0v) is 8.04. The van der Waals surface area contributed by atoms with Gasteiger partial charge in [-0.2, -0.15) is 0 Å². The summed E-state index contributed by atoms with van der Waals surface area (Å²) in [5, 5.41) is 3.36. The molecule has 2 nitrogen and oxygen atoms in total. The third kappa shape index (κ3) is 3.39. The first-order valence-corrected chi connectivity index (χ1v) is 4.17. The molecule has 0 amide bonds. The first kappa shape index (κ1) is 9.07. The molecule has 0 aliphatic carbocycles. The zero-order chi connectivity index (χ0) is 9.03. The van der Waals surface area contributed by atoms with Gasteiger partial charge in [0.1, 0.15) is 0 Å². The van der Waals surface area contributed by atoms with Crippen LogP contribution in [0.15, 0.2) is 30.3 Å². The number of quaternary nitrogens is 1. The lowest BCUT2D eigenvalue weighted by atomic mass is 10.3. The van der Waals surface area contributed by atoms with Crippen LogP contribution in [0.25, 0.3) is 0 Å². The molecule has 12 heavy (non-hydrogen) atoms. The van der Waals surface area contributed by atoms with Crippen molar-refractivity contribution in [3.8, 4) is 0 Å². The van der Waals surface area contributed by atoms with Gasteiger partial charge in [-0.3, -0.25) is 0 Å². The normalized spacial score (nSPS) is 11.2. The van der Waals surface area contributed by atoms with Crippen LogP contribution in [-0.2, 0) is 0 Å². The minimum atomic E-state index is 0.925. The Kier molecular flexibility index (Phi) is 2.71. The summed E-state index contributed by atoms with van der Waals surface area (Å²) in [6.45, 7) is 0.948. The van der Waals surface area contributed by atoms with Crippen LogP contribution in [0.1, 0.15) is 0 Å². The third-order valence-electron chi connectivity index (χ3n) is 1.53. The van der Waals surface area contributed by atoms with Crippen LogP contribution in [0.2, 0.25) is 0 Å². The molecule has 0 heterocycles. The Balaban J connectivity index is 2.44. The summed E-state index contributed by atoms with van der Waals surface area (Å²) in [5.74, 6) is 0. The van der Waals surface area contributed by atoms with E-state index >= 15 is 0 Å². The lowest BCUT2D eigenvalue weighted by molar-refractivity contribution is -0.866. The molecule has 1 rings (SSSR count). The molecule has 1 aromatic rings. The second-order valence-electron chi connectivity index (χ2n) is 3.99. The maximum Gasteiger partial charge on any atom is 0.151 e. The van der Waals surface area contributed by atoms with Gasteiger partial charge in [-0.05, 0) is 12.1 Å². The monoisotopic (exact) mass is 165 g/mol. The Morgan fingerprint density at radius 2 is 1.67 bits per heavy atom. The molecule has 0 aromatic heterocycles. The van der Waals surface area contributed by atoms with Gasteiger partial charge in [-0.1, -0.05) is 18.2 Å². The van der Waals surface area contributed by atoms with Crippen LogP contribution in [0.5, 0.6) is 0 Å². The SMILES string of the molecule is C[N+](C)(C)CNc1ccccc1. The summed E-state index contributed by atoms with van der Waals surface area (Å²) in [5.41, 5.74) is 1.19. The van der Waals surface area contributed by atoms with Crippen molar-refractivity contribution in [2.75, 3.05) is 33.1 Å². The van der Waals surface area contributed by atoms with E-state index in [0.29, 0.717) is 0 Å². The predicted molar refractivity (Wildman–Crippen MR) is 53.0 cm³/mol. The molecule has 1 aromatic carbocycles. The Hall–Kier alpha value is -1.02. The van der Waals surface area contributed by atoms with Crippen LogP contribution in [0.4, 0.5) is 5.69 Å². The summed E-state index contributed by atoms with van der Waals surface area (Å²) in [4.78, 5) is 0. The Bertz CT molecular complexity index is 223. The van der Waals surface area contributed by atoms with Gasteiger partial charge in [-0.15, -0.1) is 0 Å². The zero-order valence-electron chi connectivity index (χ0n) is 8.04. The van der Waals surface area contributed by atoms with E-state index in [2.05, 4.69) is 38.6 Å². The van der Waals surface area contributed by atoms with Crippen LogP contribution >= 0.6 is 0 Å². The van der Waals surface area contributed by atoms with E-state index in [-0.39, 0.29) is 0 Å². The lowest BCUT2D eigenvalue weighted by Crippen LogP contribution is -2.39. The molecule has 0 saturated heterocycles. The first-order chi connectivity index (χ1) is 5.58. The van der Waals surface area contributed by atoms with E-state index in [9.17, 15) is 0 Å². The number of hydrogen-bond donors (Lipinski definition) is 1. The van der Waals surface area contributed by atoms with Gasteiger partial charge in [0.15, 0.2) is 6.67 Å². The number of rotatable bonds is 3. The van der Waals surface area contributed by atoms with Gasteiger partial charge in [0, 0.05) is 5.69 Å². The van der Waals surface area contributed by atoms with Crippen molar-refractivity contribution < 1.29 is 4.48 Å². The molecule has 0 saturated carbocycles. The van der Waals surface area contributed by atoms with Crippen molar-refractivity contribution in [3.05, 3.63) is 30.3 Å². The second kappa shape index (κ2) is 3.59. The highest BCUT2D eigenvalue weighted by atomic mass is 15.3. The maximum absolute atomic E-state index is 3.36. The van der Waals surface area contributed by atoms with Crippen LogP contribution in [0.3, 0.4) is 0 Å². The molecule has 0 atom stereocenters. The Morgan fingerprint density at radius 3 is 2.17 bits per heavy atom. The quantitative estimate of drug-likeness (QED) is 0.531. The second-order valence-corrected chi connectivity index (χ2v) is 3.99. The third-order valence-corrected chi connectivity index (χ3v) is 1.53. The van der Waals surface area contributed by atoms with Crippen molar-refractivity contribution in [1.29, 1.82) is 0 Å². The lowest BCUT2D eigenvalue weighted by Gasteiger charge is -2.24. The molecule has 0 fully saturated rings. The van der Waals surface area contributed by atoms with E-state index in [0.717, 1.165) is 11.2 Å². The van der Waals surface area contributed by atoms with E-state index in [1.54, 1.807) is 0 Å². The molecule has 0 spiro atoms. The fourth-order valence-electron chi connectivity index (χ4n) is 0.884. The summed E-state index contributed by atoms with van der Waals surface area (Å²) < 4.78 is 0.925. The van der Waals surface area contributed by atoms with Crippen molar-refractivity contribution in [2.45, 2.75) is 0 Å². The highest BCUT2D eigenvalue weighted by Crippen LogP contribution is 2.05. The van der Waals surface area contributed by atoms with Crippen LogP contribution in [0, 0.1) is 0 Å². The average Bonchev–Trinajstić information content (AvgIpc) is 2.02. The fourth-order valence-corrected chi connectivity index (χ4v) is 0.884. The molecular formula is C10H17N2+. The molecule has 1 N–H and O–H groups in total.